The average molecular weight is 336 g/mol. The maximum atomic E-state index is 13.7. The van der Waals surface area contributed by atoms with Crippen molar-refractivity contribution < 1.29 is 18.7 Å². The molecule has 132 valence electrons. The molecule has 0 radical (unpaired) electrons. The molecule has 1 aliphatic heterocycles. The van der Waals surface area contributed by atoms with Crippen molar-refractivity contribution in [2.75, 3.05) is 26.7 Å². The first-order valence-corrected chi connectivity index (χ1v) is 8.43. The molecule has 24 heavy (non-hydrogen) atoms. The molecule has 0 bridgehead atoms. The maximum Gasteiger partial charge on any atom is 0.226 e. The standard InChI is InChI=1S/C18H25FN2O3/c1-3-8-20-18(23)14-6-9-21(10-7-14)17(22)12-13-4-5-16(24-2)15(19)11-13/h4-5,11,14H,3,6-10,12H2,1-2H3,(H,20,23). The SMILES string of the molecule is CCCNC(=O)C1CCN(C(=O)Cc2ccc(OC)c(F)c2)CC1. The molecule has 1 aliphatic rings. The van der Waals surface area contributed by atoms with Crippen molar-refractivity contribution in [3.05, 3.63) is 29.6 Å². The molecule has 6 heteroatoms. The monoisotopic (exact) mass is 336 g/mol. The van der Waals surface area contributed by atoms with Gasteiger partial charge < -0.3 is 15.0 Å². The van der Waals surface area contributed by atoms with E-state index >= 15 is 0 Å². The second-order valence-corrected chi connectivity index (χ2v) is 6.09. The number of carbonyl (C=O) groups excluding carboxylic acids is 2. The van der Waals surface area contributed by atoms with Gasteiger partial charge >= 0.3 is 0 Å². The first-order valence-electron chi connectivity index (χ1n) is 8.43. The molecule has 1 saturated heterocycles. The van der Waals surface area contributed by atoms with E-state index in [-0.39, 0.29) is 29.9 Å². The van der Waals surface area contributed by atoms with Gasteiger partial charge in [-0.2, -0.15) is 0 Å². The van der Waals surface area contributed by atoms with Crippen molar-refractivity contribution in [1.82, 2.24) is 10.2 Å². The van der Waals surface area contributed by atoms with Crippen molar-refractivity contribution in [1.29, 1.82) is 0 Å². The number of likely N-dealkylation sites (tertiary alicyclic amines) is 1. The molecule has 2 amide bonds. The predicted octanol–water partition coefficient (Wildman–Crippen LogP) is 2.14. The smallest absolute Gasteiger partial charge is 0.226 e. The van der Waals surface area contributed by atoms with E-state index in [4.69, 9.17) is 4.74 Å². The summed E-state index contributed by atoms with van der Waals surface area (Å²) in [4.78, 5) is 26.1. The van der Waals surface area contributed by atoms with Gasteiger partial charge in [0.2, 0.25) is 11.8 Å². The molecule has 2 rings (SSSR count). The minimum atomic E-state index is -0.464. The number of nitrogens with one attached hydrogen (secondary N) is 1. The number of amides is 2. The summed E-state index contributed by atoms with van der Waals surface area (Å²) in [7, 11) is 1.41. The third kappa shape index (κ3) is 4.69. The third-order valence-corrected chi connectivity index (χ3v) is 4.34. The Morgan fingerprint density at radius 3 is 2.62 bits per heavy atom. The summed E-state index contributed by atoms with van der Waals surface area (Å²) in [5.41, 5.74) is 0.626. The highest BCUT2D eigenvalue weighted by atomic mass is 19.1. The Bertz CT molecular complexity index is 584. The predicted molar refractivity (Wildman–Crippen MR) is 89.3 cm³/mol. The first kappa shape index (κ1) is 18.2. The third-order valence-electron chi connectivity index (χ3n) is 4.34. The molecule has 0 spiro atoms. The molecule has 0 aliphatic carbocycles. The van der Waals surface area contributed by atoms with Crippen LogP contribution in [0.15, 0.2) is 18.2 Å². The highest BCUT2D eigenvalue weighted by molar-refractivity contribution is 5.81. The molecule has 1 fully saturated rings. The van der Waals surface area contributed by atoms with Gasteiger partial charge in [0.1, 0.15) is 0 Å². The first-order chi connectivity index (χ1) is 11.5. The zero-order valence-corrected chi connectivity index (χ0v) is 14.3. The molecular weight excluding hydrogens is 311 g/mol. The van der Waals surface area contributed by atoms with E-state index in [1.54, 1.807) is 11.0 Å². The van der Waals surface area contributed by atoms with Gasteiger partial charge in [0.05, 0.1) is 13.5 Å². The fourth-order valence-corrected chi connectivity index (χ4v) is 2.89. The molecule has 1 N–H and O–H groups in total. The van der Waals surface area contributed by atoms with Gasteiger partial charge in [-0.15, -0.1) is 0 Å². The number of carbonyl (C=O) groups is 2. The van der Waals surface area contributed by atoms with Crippen molar-refractivity contribution in [2.24, 2.45) is 5.92 Å². The van der Waals surface area contributed by atoms with E-state index in [2.05, 4.69) is 5.32 Å². The van der Waals surface area contributed by atoms with Gasteiger partial charge in [-0.05, 0) is 37.0 Å². The van der Waals surface area contributed by atoms with Crippen LogP contribution in [-0.4, -0.2) is 43.5 Å². The van der Waals surface area contributed by atoms with Crippen LogP contribution in [-0.2, 0) is 16.0 Å². The normalized spacial score (nSPS) is 15.2. The van der Waals surface area contributed by atoms with Crippen molar-refractivity contribution in [3.63, 3.8) is 0 Å². The van der Waals surface area contributed by atoms with Gasteiger partial charge in [0, 0.05) is 25.6 Å². The Morgan fingerprint density at radius 2 is 2.04 bits per heavy atom. The van der Waals surface area contributed by atoms with Crippen LogP contribution in [0.4, 0.5) is 4.39 Å². The Kier molecular flexibility index (Phi) is 6.58. The number of halogens is 1. The highest BCUT2D eigenvalue weighted by Gasteiger charge is 2.27. The molecule has 1 heterocycles. The van der Waals surface area contributed by atoms with Crippen molar-refractivity contribution in [2.45, 2.75) is 32.6 Å². The Morgan fingerprint density at radius 1 is 1.33 bits per heavy atom. The molecule has 0 saturated carbocycles. The number of methoxy groups -OCH3 is 1. The van der Waals surface area contributed by atoms with Gasteiger partial charge in [0.25, 0.3) is 0 Å². The molecular formula is C18H25FN2O3. The van der Waals surface area contributed by atoms with E-state index in [9.17, 15) is 14.0 Å². The lowest BCUT2D eigenvalue weighted by Crippen LogP contribution is -2.43. The summed E-state index contributed by atoms with van der Waals surface area (Å²) in [6, 6.07) is 4.56. The number of rotatable bonds is 6. The van der Waals surface area contributed by atoms with Crippen molar-refractivity contribution in [3.8, 4) is 5.75 Å². The van der Waals surface area contributed by atoms with E-state index in [0.29, 0.717) is 38.0 Å². The van der Waals surface area contributed by atoms with Crippen LogP contribution < -0.4 is 10.1 Å². The lowest BCUT2D eigenvalue weighted by molar-refractivity contribution is -0.135. The number of hydrogen-bond acceptors (Lipinski definition) is 3. The molecule has 0 unspecified atom stereocenters. The van der Waals surface area contributed by atoms with Crippen LogP contribution >= 0.6 is 0 Å². The molecule has 5 nitrogen and oxygen atoms in total. The van der Waals surface area contributed by atoms with Crippen LogP contribution in [0, 0.1) is 11.7 Å². The van der Waals surface area contributed by atoms with Crippen LogP contribution in [0.3, 0.4) is 0 Å². The van der Waals surface area contributed by atoms with Gasteiger partial charge in [-0.25, -0.2) is 4.39 Å². The number of nitrogens with zero attached hydrogens (tertiary/aromatic N) is 1. The lowest BCUT2D eigenvalue weighted by Gasteiger charge is -2.31. The number of hydrogen-bond donors (Lipinski definition) is 1. The summed E-state index contributed by atoms with van der Waals surface area (Å²) in [6.07, 6.45) is 2.44. The number of benzene rings is 1. The maximum absolute atomic E-state index is 13.7. The number of ether oxygens (including phenoxy) is 1. The summed E-state index contributed by atoms with van der Waals surface area (Å²) < 4.78 is 18.6. The summed E-state index contributed by atoms with van der Waals surface area (Å²) in [5, 5.41) is 2.91. The van der Waals surface area contributed by atoms with Crippen LogP contribution in [0.25, 0.3) is 0 Å². The zero-order valence-electron chi connectivity index (χ0n) is 14.3. The van der Waals surface area contributed by atoms with E-state index in [1.807, 2.05) is 6.92 Å². The zero-order chi connectivity index (χ0) is 17.5. The highest BCUT2D eigenvalue weighted by Crippen LogP contribution is 2.21. The summed E-state index contributed by atoms with van der Waals surface area (Å²) >= 11 is 0. The fraction of sp³-hybridized carbons (Fsp3) is 0.556. The quantitative estimate of drug-likeness (QED) is 0.866. The Balaban J connectivity index is 1.84. The van der Waals surface area contributed by atoms with E-state index in [0.717, 1.165) is 6.42 Å². The Labute approximate surface area is 142 Å². The van der Waals surface area contributed by atoms with E-state index < -0.39 is 5.82 Å². The molecule has 0 aromatic heterocycles. The number of piperidine rings is 1. The van der Waals surface area contributed by atoms with Crippen LogP contribution in [0.2, 0.25) is 0 Å². The van der Waals surface area contributed by atoms with Crippen LogP contribution in [0.5, 0.6) is 5.75 Å². The molecule has 0 atom stereocenters. The second kappa shape index (κ2) is 8.66. The largest absolute Gasteiger partial charge is 0.494 e. The average Bonchev–Trinajstić information content (AvgIpc) is 2.60. The van der Waals surface area contributed by atoms with Gasteiger partial charge in [-0.1, -0.05) is 13.0 Å². The Hall–Kier alpha value is -2.11. The van der Waals surface area contributed by atoms with E-state index in [1.165, 1.54) is 19.2 Å². The lowest BCUT2D eigenvalue weighted by atomic mass is 9.95. The second-order valence-electron chi connectivity index (χ2n) is 6.09. The topological polar surface area (TPSA) is 58.6 Å². The minimum absolute atomic E-state index is 0.0148. The summed E-state index contributed by atoms with van der Waals surface area (Å²) in [6.45, 7) is 3.86. The van der Waals surface area contributed by atoms with Gasteiger partial charge in [0.15, 0.2) is 11.6 Å². The molecule has 1 aromatic carbocycles. The van der Waals surface area contributed by atoms with Crippen molar-refractivity contribution >= 4 is 11.8 Å². The molecule has 1 aromatic rings. The minimum Gasteiger partial charge on any atom is -0.494 e. The summed E-state index contributed by atoms with van der Waals surface area (Å²) in [5.74, 6) is -0.258. The fourth-order valence-electron chi connectivity index (χ4n) is 2.89. The van der Waals surface area contributed by atoms with Crippen LogP contribution in [0.1, 0.15) is 31.7 Å². The van der Waals surface area contributed by atoms with Gasteiger partial charge in [-0.3, -0.25) is 9.59 Å².